The van der Waals surface area contributed by atoms with E-state index in [-0.39, 0.29) is 12.3 Å². The standard InChI is InChI=1S/C16H15ClN2O2S/c1-22-13-5-6-15(17)14(10-13)16(20)19(8-3-7-18)11-12-4-2-9-21-12/h2,4-6,9-10H,3,8,11H2,1H3. The van der Waals surface area contributed by atoms with Crippen molar-refractivity contribution in [1.82, 2.24) is 4.90 Å². The van der Waals surface area contributed by atoms with Gasteiger partial charge in [-0.1, -0.05) is 11.6 Å². The number of carbonyl (C=O) groups is 1. The first kappa shape index (κ1) is 16.5. The van der Waals surface area contributed by atoms with Gasteiger partial charge < -0.3 is 9.32 Å². The number of halogens is 1. The monoisotopic (exact) mass is 334 g/mol. The van der Waals surface area contributed by atoms with Crippen LogP contribution in [0.4, 0.5) is 0 Å². The first-order valence-corrected chi connectivity index (χ1v) is 8.28. The highest BCUT2D eigenvalue weighted by atomic mass is 35.5. The van der Waals surface area contributed by atoms with Crippen LogP contribution in [0.15, 0.2) is 45.9 Å². The van der Waals surface area contributed by atoms with Crippen molar-refractivity contribution in [2.75, 3.05) is 12.8 Å². The molecule has 2 aromatic rings. The van der Waals surface area contributed by atoms with E-state index in [0.29, 0.717) is 29.4 Å². The van der Waals surface area contributed by atoms with Crippen molar-refractivity contribution in [1.29, 1.82) is 5.26 Å². The summed E-state index contributed by atoms with van der Waals surface area (Å²) in [4.78, 5) is 15.3. The van der Waals surface area contributed by atoms with Crippen LogP contribution in [-0.2, 0) is 6.54 Å². The van der Waals surface area contributed by atoms with Crippen LogP contribution in [0.3, 0.4) is 0 Å². The lowest BCUT2D eigenvalue weighted by atomic mass is 10.2. The first-order chi connectivity index (χ1) is 10.7. The lowest BCUT2D eigenvalue weighted by molar-refractivity contribution is 0.0735. The fourth-order valence-corrected chi connectivity index (χ4v) is 2.63. The Morgan fingerprint density at radius 1 is 1.45 bits per heavy atom. The summed E-state index contributed by atoms with van der Waals surface area (Å²) in [6.45, 7) is 0.642. The number of hydrogen-bond donors (Lipinski definition) is 0. The van der Waals surface area contributed by atoms with Crippen molar-refractivity contribution in [3.8, 4) is 6.07 Å². The quantitative estimate of drug-likeness (QED) is 0.742. The molecule has 0 saturated carbocycles. The Bertz CT molecular complexity index is 680. The van der Waals surface area contributed by atoms with E-state index in [1.54, 1.807) is 47.2 Å². The molecule has 0 bridgehead atoms. The highest BCUT2D eigenvalue weighted by Gasteiger charge is 2.20. The largest absolute Gasteiger partial charge is 0.467 e. The normalized spacial score (nSPS) is 10.2. The molecule has 1 aromatic carbocycles. The van der Waals surface area contributed by atoms with Gasteiger partial charge in [-0.2, -0.15) is 5.26 Å². The van der Waals surface area contributed by atoms with Crippen molar-refractivity contribution < 1.29 is 9.21 Å². The third-order valence-corrected chi connectivity index (χ3v) is 4.17. The van der Waals surface area contributed by atoms with Crippen molar-refractivity contribution in [3.05, 3.63) is 52.9 Å². The Hall–Kier alpha value is -1.90. The second kappa shape index (κ2) is 7.92. The van der Waals surface area contributed by atoms with Gasteiger partial charge in [-0.05, 0) is 36.6 Å². The highest BCUT2D eigenvalue weighted by Crippen LogP contribution is 2.25. The zero-order valence-corrected chi connectivity index (χ0v) is 13.7. The van der Waals surface area contributed by atoms with Gasteiger partial charge in [0.25, 0.3) is 5.91 Å². The molecule has 22 heavy (non-hydrogen) atoms. The van der Waals surface area contributed by atoms with Gasteiger partial charge >= 0.3 is 0 Å². The summed E-state index contributed by atoms with van der Waals surface area (Å²) >= 11 is 7.71. The SMILES string of the molecule is CSc1ccc(Cl)c(C(=O)N(CCC#N)Cc2ccco2)c1. The van der Waals surface area contributed by atoms with Gasteiger partial charge in [-0.15, -0.1) is 11.8 Å². The van der Waals surface area contributed by atoms with Gasteiger partial charge in [0.15, 0.2) is 0 Å². The maximum absolute atomic E-state index is 12.7. The van der Waals surface area contributed by atoms with E-state index in [0.717, 1.165) is 4.90 Å². The van der Waals surface area contributed by atoms with Gasteiger partial charge in [-0.25, -0.2) is 0 Å². The summed E-state index contributed by atoms with van der Waals surface area (Å²) in [5.74, 6) is 0.469. The predicted molar refractivity (Wildman–Crippen MR) is 86.9 cm³/mol. The van der Waals surface area contributed by atoms with Gasteiger partial charge in [0, 0.05) is 11.4 Å². The van der Waals surface area contributed by atoms with E-state index in [1.807, 2.05) is 12.3 Å². The van der Waals surface area contributed by atoms with E-state index in [9.17, 15) is 4.79 Å². The van der Waals surface area contributed by atoms with Crippen molar-refractivity contribution >= 4 is 29.3 Å². The van der Waals surface area contributed by atoms with E-state index >= 15 is 0 Å². The minimum atomic E-state index is -0.201. The van der Waals surface area contributed by atoms with Crippen LogP contribution in [0.5, 0.6) is 0 Å². The smallest absolute Gasteiger partial charge is 0.255 e. The molecular weight excluding hydrogens is 320 g/mol. The topological polar surface area (TPSA) is 57.2 Å². The Morgan fingerprint density at radius 2 is 2.27 bits per heavy atom. The van der Waals surface area contributed by atoms with Crippen LogP contribution >= 0.6 is 23.4 Å². The highest BCUT2D eigenvalue weighted by molar-refractivity contribution is 7.98. The van der Waals surface area contributed by atoms with Gasteiger partial charge in [-0.3, -0.25) is 4.79 Å². The molecule has 6 heteroatoms. The molecule has 0 unspecified atom stereocenters. The summed E-state index contributed by atoms with van der Waals surface area (Å²) in [5.41, 5.74) is 0.443. The molecule has 114 valence electrons. The number of hydrogen-bond acceptors (Lipinski definition) is 4. The van der Waals surface area contributed by atoms with E-state index in [4.69, 9.17) is 21.3 Å². The maximum Gasteiger partial charge on any atom is 0.255 e. The molecule has 0 aliphatic rings. The fraction of sp³-hybridized carbons (Fsp3) is 0.250. The molecule has 2 rings (SSSR count). The summed E-state index contributed by atoms with van der Waals surface area (Å²) in [6, 6.07) is 11.0. The summed E-state index contributed by atoms with van der Waals surface area (Å²) in [5, 5.41) is 9.20. The van der Waals surface area contributed by atoms with Crippen LogP contribution in [0, 0.1) is 11.3 Å². The Balaban J connectivity index is 2.26. The Morgan fingerprint density at radius 3 is 2.91 bits per heavy atom. The molecule has 0 N–H and O–H groups in total. The second-order valence-corrected chi connectivity index (χ2v) is 5.85. The van der Waals surface area contributed by atoms with Gasteiger partial charge in [0.1, 0.15) is 5.76 Å². The fourth-order valence-electron chi connectivity index (χ4n) is 1.99. The third-order valence-electron chi connectivity index (χ3n) is 3.11. The Kier molecular flexibility index (Phi) is 5.93. The number of rotatable bonds is 6. The van der Waals surface area contributed by atoms with Crippen molar-refractivity contribution in [2.24, 2.45) is 0 Å². The summed E-state index contributed by atoms with van der Waals surface area (Å²) in [7, 11) is 0. The molecule has 1 amide bonds. The first-order valence-electron chi connectivity index (χ1n) is 6.68. The number of benzene rings is 1. The average molecular weight is 335 g/mol. The molecule has 0 fully saturated rings. The van der Waals surface area contributed by atoms with E-state index in [1.165, 1.54) is 0 Å². The predicted octanol–water partition coefficient (Wildman–Crippen LogP) is 4.21. The molecule has 1 heterocycles. The van der Waals surface area contributed by atoms with E-state index in [2.05, 4.69) is 6.07 Å². The number of thioether (sulfide) groups is 1. The maximum atomic E-state index is 12.7. The molecule has 0 aliphatic heterocycles. The number of carbonyl (C=O) groups excluding carboxylic acids is 1. The van der Waals surface area contributed by atoms with Crippen molar-refractivity contribution in [2.45, 2.75) is 17.9 Å². The molecule has 1 aromatic heterocycles. The van der Waals surface area contributed by atoms with Crippen LogP contribution in [-0.4, -0.2) is 23.6 Å². The minimum Gasteiger partial charge on any atom is -0.467 e. The molecule has 0 aliphatic carbocycles. The second-order valence-electron chi connectivity index (χ2n) is 4.56. The van der Waals surface area contributed by atoms with Gasteiger partial charge in [0.05, 0.1) is 35.9 Å². The number of amides is 1. The third kappa shape index (κ3) is 4.06. The van der Waals surface area contributed by atoms with Crippen LogP contribution in [0.25, 0.3) is 0 Å². The Labute approximate surface area is 138 Å². The zero-order valence-electron chi connectivity index (χ0n) is 12.1. The molecule has 0 spiro atoms. The van der Waals surface area contributed by atoms with Crippen molar-refractivity contribution in [3.63, 3.8) is 0 Å². The number of furan rings is 1. The number of nitriles is 1. The lowest BCUT2D eigenvalue weighted by Crippen LogP contribution is -2.31. The van der Waals surface area contributed by atoms with Crippen LogP contribution in [0.1, 0.15) is 22.5 Å². The summed E-state index contributed by atoms with van der Waals surface area (Å²) < 4.78 is 5.29. The molecule has 0 radical (unpaired) electrons. The minimum absolute atomic E-state index is 0.201. The average Bonchev–Trinajstić information content (AvgIpc) is 3.04. The summed E-state index contributed by atoms with van der Waals surface area (Å²) in [6.07, 6.45) is 3.75. The molecule has 0 saturated heterocycles. The van der Waals surface area contributed by atoms with Crippen LogP contribution in [0.2, 0.25) is 5.02 Å². The van der Waals surface area contributed by atoms with E-state index < -0.39 is 0 Å². The number of nitrogens with zero attached hydrogens (tertiary/aromatic N) is 2. The van der Waals surface area contributed by atoms with Gasteiger partial charge in [0.2, 0.25) is 0 Å². The molecule has 0 atom stereocenters. The zero-order chi connectivity index (χ0) is 15.9. The lowest BCUT2D eigenvalue weighted by Gasteiger charge is -2.21. The molecular formula is C16H15ClN2O2S. The van der Waals surface area contributed by atoms with Crippen LogP contribution < -0.4 is 0 Å². The molecule has 4 nitrogen and oxygen atoms in total.